The van der Waals surface area contributed by atoms with E-state index < -0.39 is 10.0 Å². The van der Waals surface area contributed by atoms with E-state index in [9.17, 15) is 8.42 Å². The van der Waals surface area contributed by atoms with Gasteiger partial charge in [-0.2, -0.15) is 14.5 Å². The van der Waals surface area contributed by atoms with Gasteiger partial charge in [0, 0.05) is 36.3 Å². The molecule has 0 saturated carbocycles. The molecule has 0 radical (unpaired) electrons. The van der Waals surface area contributed by atoms with Crippen molar-refractivity contribution in [2.75, 3.05) is 6.54 Å². The molecule has 2 aromatic heterocycles. The average molecular weight is 436 g/mol. The maximum atomic E-state index is 13.2. The minimum atomic E-state index is -3.49. The Hall–Kier alpha value is -2.97. The van der Waals surface area contributed by atoms with Crippen molar-refractivity contribution in [2.45, 2.75) is 37.8 Å². The highest BCUT2D eigenvalue weighted by atomic mass is 32.2. The molecular weight excluding hydrogens is 410 g/mol. The number of nitrogens with one attached hydrogen (secondary N) is 1. The molecule has 1 saturated heterocycles. The van der Waals surface area contributed by atoms with Crippen molar-refractivity contribution in [2.24, 2.45) is 5.92 Å². The van der Waals surface area contributed by atoms with Gasteiger partial charge in [-0.3, -0.25) is 9.78 Å². The lowest BCUT2D eigenvalue weighted by Crippen LogP contribution is -2.34. The standard InChI is InChI=1S/C23H25N5O2S/c1-16-3-6-22(7-4-16)31(29,30)28-15-18(9-17(28)2)14-27-23-8-5-19(10-20(23)13-26-27)21-11-24-25-12-21/h3-8,10-13,17-18H,9,14-15H2,1-2H3,(H,24,25)/t17-,18+/m0/s1. The molecule has 0 bridgehead atoms. The molecule has 7 nitrogen and oxygen atoms in total. The van der Waals surface area contributed by atoms with Crippen LogP contribution in [0.5, 0.6) is 0 Å². The molecule has 1 aliphatic rings. The van der Waals surface area contributed by atoms with E-state index in [1.165, 1.54) is 0 Å². The minimum absolute atomic E-state index is 0.0363. The highest BCUT2D eigenvalue weighted by Gasteiger charge is 2.38. The second-order valence-corrected chi connectivity index (χ2v) is 10.3. The summed E-state index contributed by atoms with van der Waals surface area (Å²) in [4.78, 5) is 0.363. The van der Waals surface area contributed by atoms with E-state index in [1.807, 2.05) is 43.1 Å². The molecule has 5 rings (SSSR count). The maximum absolute atomic E-state index is 13.2. The van der Waals surface area contributed by atoms with E-state index in [4.69, 9.17) is 0 Å². The summed E-state index contributed by atoms with van der Waals surface area (Å²) >= 11 is 0. The third-order valence-electron chi connectivity index (χ3n) is 6.14. The zero-order chi connectivity index (χ0) is 21.6. The summed E-state index contributed by atoms with van der Waals surface area (Å²) < 4.78 is 30.0. The molecule has 8 heteroatoms. The predicted molar refractivity (Wildman–Crippen MR) is 120 cm³/mol. The average Bonchev–Trinajstić information content (AvgIpc) is 3.49. The van der Waals surface area contributed by atoms with Crippen molar-refractivity contribution in [3.63, 3.8) is 0 Å². The first kappa shape index (κ1) is 20.0. The Morgan fingerprint density at radius 2 is 1.90 bits per heavy atom. The summed E-state index contributed by atoms with van der Waals surface area (Å²) in [5.41, 5.74) is 4.23. The van der Waals surface area contributed by atoms with E-state index in [0.29, 0.717) is 18.0 Å². The second-order valence-electron chi connectivity index (χ2n) is 8.43. The van der Waals surface area contributed by atoms with Crippen LogP contribution in [0.25, 0.3) is 22.0 Å². The molecule has 2 aromatic carbocycles. The van der Waals surface area contributed by atoms with Crippen LogP contribution >= 0.6 is 0 Å². The fourth-order valence-electron chi connectivity index (χ4n) is 4.49. The maximum Gasteiger partial charge on any atom is 0.243 e. The number of H-pyrrole nitrogens is 1. The smallest absolute Gasteiger partial charge is 0.243 e. The van der Waals surface area contributed by atoms with Crippen LogP contribution in [0.2, 0.25) is 0 Å². The van der Waals surface area contributed by atoms with E-state index in [0.717, 1.165) is 34.0 Å². The van der Waals surface area contributed by atoms with E-state index in [2.05, 4.69) is 33.5 Å². The first-order valence-electron chi connectivity index (χ1n) is 10.4. The first-order chi connectivity index (χ1) is 14.9. The monoisotopic (exact) mass is 435 g/mol. The number of fused-ring (bicyclic) bond motifs is 1. The fourth-order valence-corrected chi connectivity index (χ4v) is 6.21. The lowest BCUT2D eigenvalue weighted by molar-refractivity contribution is 0.396. The van der Waals surface area contributed by atoms with E-state index in [1.54, 1.807) is 22.6 Å². The predicted octanol–water partition coefficient (Wildman–Crippen LogP) is 3.83. The number of sulfonamides is 1. The highest BCUT2D eigenvalue weighted by Crippen LogP contribution is 2.31. The Balaban J connectivity index is 1.35. The molecule has 1 fully saturated rings. The van der Waals surface area contributed by atoms with Crippen molar-refractivity contribution in [3.8, 4) is 11.1 Å². The third-order valence-corrected chi connectivity index (χ3v) is 8.13. The first-order valence-corrected chi connectivity index (χ1v) is 11.9. The molecule has 160 valence electrons. The van der Waals surface area contributed by atoms with Gasteiger partial charge in [0.05, 0.1) is 22.8 Å². The van der Waals surface area contributed by atoms with Crippen molar-refractivity contribution in [1.29, 1.82) is 0 Å². The topological polar surface area (TPSA) is 83.9 Å². The van der Waals surface area contributed by atoms with Gasteiger partial charge in [0.25, 0.3) is 0 Å². The van der Waals surface area contributed by atoms with Gasteiger partial charge < -0.3 is 0 Å². The van der Waals surface area contributed by atoms with Gasteiger partial charge in [0.15, 0.2) is 0 Å². The Kier molecular flexibility index (Phi) is 4.91. The number of rotatable bonds is 5. The number of nitrogens with zero attached hydrogens (tertiary/aromatic N) is 4. The molecule has 1 aliphatic heterocycles. The second kappa shape index (κ2) is 7.62. The van der Waals surface area contributed by atoms with Gasteiger partial charge >= 0.3 is 0 Å². The Labute approximate surface area is 181 Å². The Bertz CT molecular complexity index is 1310. The molecule has 0 aliphatic carbocycles. The number of aromatic amines is 1. The summed E-state index contributed by atoms with van der Waals surface area (Å²) in [6.45, 7) is 5.15. The van der Waals surface area contributed by atoms with Crippen LogP contribution in [0.15, 0.2) is 66.0 Å². The highest BCUT2D eigenvalue weighted by molar-refractivity contribution is 7.89. The summed E-state index contributed by atoms with van der Waals surface area (Å²) in [5, 5.41) is 12.5. The van der Waals surface area contributed by atoms with E-state index >= 15 is 0 Å². The van der Waals surface area contributed by atoms with Gasteiger partial charge in [-0.1, -0.05) is 23.8 Å². The fraction of sp³-hybridized carbons (Fsp3) is 0.304. The van der Waals surface area contributed by atoms with Crippen LogP contribution in [-0.2, 0) is 16.6 Å². The van der Waals surface area contributed by atoms with Crippen LogP contribution in [0.3, 0.4) is 0 Å². The molecule has 3 heterocycles. The Morgan fingerprint density at radius 3 is 2.65 bits per heavy atom. The Morgan fingerprint density at radius 1 is 1.10 bits per heavy atom. The van der Waals surface area contributed by atoms with Crippen LogP contribution < -0.4 is 0 Å². The summed E-state index contributed by atoms with van der Waals surface area (Å²) in [6, 6.07) is 13.3. The number of hydrogen-bond donors (Lipinski definition) is 1. The zero-order valence-electron chi connectivity index (χ0n) is 17.6. The van der Waals surface area contributed by atoms with Gasteiger partial charge in [0.2, 0.25) is 10.0 Å². The minimum Gasteiger partial charge on any atom is -0.285 e. The molecule has 31 heavy (non-hydrogen) atoms. The van der Waals surface area contributed by atoms with Crippen molar-refractivity contribution >= 4 is 20.9 Å². The third kappa shape index (κ3) is 3.66. The molecule has 0 unspecified atom stereocenters. The molecule has 0 amide bonds. The molecule has 1 N–H and O–H groups in total. The summed E-state index contributed by atoms with van der Waals surface area (Å²) in [7, 11) is -3.49. The van der Waals surface area contributed by atoms with Crippen LogP contribution in [-0.4, -0.2) is 45.3 Å². The van der Waals surface area contributed by atoms with Crippen molar-refractivity contribution in [1.82, 2.24) is 24.3 Å². The summed E-state index contributed by atoms with van der Waals surface area (Å²) in [5.74, 6) is 0.215. The van der Waals surface area contributed by atoms with Crippen molar-refractivity contribution < 1.29 is 8.42 Å². The number of hydrogen-bond acceptors (Lipinski definition) is 4. The largest absolute Gasteiger partial charge is 0.285 e. The summed E-state index contributed by atoms with van der Waals surface area (Å²) in [6.07, 6.45) is 6.36. The SMILES string of the molecule is Cc1ccc(S(=O)(=O)N2C[C@@H](Cn3ncc4cc(-c5cn[nH]c5)ccc43)C[C@@H]2C)cc1. The lowest BCUT2D eigenvalue weighted by Gasteiger charge is -2.21. The number of aryl methyl sites for hydroxylation is 1. The number of aromatic nitrogens is 4. The van der Waals surface area contributed by atoms with Gasteiger partial charge in [0.1, 0.15) is 0 Å². The van der Waals surface area contributed by atoms with Gasteiger partial charge in [-0.15, -0.1) is 0 Å². The molecular formula is C23H25N5O2S. The van der Waals surface area contributed by atoms with Crippen LogP contribution in [0.1, 0.15) is 18.9 Å². The molecule has 0 spiro atoms. The zero-order valence-corrected chi connectivity index (χ0v) is 18.4. The van der Waals surface area contributed by atoms with E-state index in [-0.39, 0.29) is 12.0 Å². The van der Waals surface area contributed by atoms with Crippen molar-refractivity contribution in [3.05, 3.63) is 66.6 Å². The lowest BCUT2D eigenvalue weighted by atomic mass is 10.1. The quantitative estimate of drug-likeness (QED) is 0.516. The van der Waals surface area contributed by atoms with Crippen LogP contribution in [0.4, 0.5) is 0 Å². The molecule has 4 aromatic rings. The van der Waals surface area contributed by atoms with Gasteiger partial charge in [-0.25, -0.2) is 8.42 Å². The molecule has 2 atom stereocenters. The number of benzene rings is 2. The van der Waals surface area contributed by atoms with Crippen LogP contribution in [0, 0.1) is 12.8 Å². The van der Waals surface area contributed by atoms with Gasteiger partial charge in [-0.05, 0) is 56.0 Å². The normalized spacial score (nSPS) is 19.9.